The molecule has 1 atom stereocenters. The summed E-state index contributed by atoms with van der Waals surface area (Å²) in [6, 6.07) is 14.8. The lowest BCUT2D eigenvalue weighted by atomic mass is 9.98. The molecule has 3 N–H and O–H groups in total. The van der Waals surface area contributed by atoms with E-state index >= 15 is 0 Å². The number of carboxylic acids is 1. The summed E-state index contributed by atoms with van der Waals surface area (Å²) in [5.74, 6) is -2.45. The number of benzene rings is 2. The van der Waals surface area contributed by atoms with Gasteiger partial charge in [-0.15, -0.1) is 0 Å². The Morgan fingerprint density at radius 2 is 1.26 bits per heavy atom. The lowest BCUT2D eigenvalue weighted by Crippen LogP contribution is -2.42. The molecule has 2 aliphatic heterocycles. The molecule has 0 aromatic heterocycles. The number of unbranched alkanes of at least 4 members (excludes halogenated alkanes) is 1. The Labute approximate surface area is 311 Å². The van der Waals surface area contributed by atoms with Crippen LogP contribution >= 0.6 is 0 Å². The molecule has 14 nitrogen and oxygen atoms in total. The molecule has 2 fully saturated rings. The van der Waals surface area contributed by atoms with E-state index in [1.807, 2.05) is 76.2 Å². The number of aliphatic carboxylic acids is 1. The van der Waals surface area contributed by atoms with E-state index in [1.54, 1.807) is 0 Å². The fourth-order valence-corrected chi connectivity index (χ4v) is 6.39. The number of hydrogen-bond donors (Lipinski definition) is 3. The van der Waals surface area contributed by atoms with Gasteiger partial charge in [0.25, 0.3) is 0 Å². The van der Waals surface area contributed by atoms with Gasteiger partial charge >= 0.3 is 18.2 Å². The number of fused-ring (bicyclic) bond motifs is 3. The van der Waals surface area contributed by atoms with Gasteiger partial charge in [0.05, 0.1) is 52.9 Å². The van der Waals surface area contributed by atoms with Gasteiger partial charge in [0, 0.05) is 24.3 Å². The molecule has 0 unspecified atom stereocenters. The van der Waals surface area contributed by atoms with Crippen LogP contribution in [0.2, 0.25) is 0 Å². The molecule has 53 heavy (non-hydrogen) atoms. The van der Waals surface area contributed by atoms with Crippen molar-refractivity contribution in [3.63, 3.8) is 0 Å². The molecule has 2 aromatic rings. The number of amides is 2. The first kappa shape index (κ1) is 40.4. The normalized spacial score (nSPS) is 18.9. The first-order valence-corrected chi connectivity index (χ1v) is 18.4. The van der Waals surface area contributed by atoms with Crippen molar-refractivity contribution in [3.8, 4) is 11.1 Å². The molecule has 0 bridgehead atoms. The molecular weight excluding hydrogens is 688 g/mol. The molecule has 5 rings (SSSR count). The summed E-state index contributed by atoms with van der Waals surface area (Å²) in [6.45, 7) is 10.7. The Kier molecular flexibility index (Phi) is 14.5. The first-order valence-electron chi connectivity index (χ1n) is 18.4. The second-order valence-corrected chi connectivity index (χ2v) is 14.7. The third kappa shape index (κ3) is 12.4. The Bertz CT molecular complexity index is 1420. The van der Waals surface area contributed by atoms with Crippen LogP contribution in [0.15, 0.2) is 48.5 Å². The maximum absolute atomic E-state index is 12.7. The molecular formula is C39H54N2O12. The smallest absolute Gasteiger partial charge is 0.407 e. The van der Waals surface area contributed by atoms with Crippen LogP contribution < -0.4 is 10.6 Å². The van der Waals surface area contributed by atoms with Crippen LogP contribution in [-0.2, 0) is 42.7 Å². The van der Waals surface area contributed by atoms with Crippen molar-refractivity contribution in [3.05, 3.63) is 59.7 Å². The van der Waals surface area contributed by atoms with E-state index in [9.17, 15) is 19.5 Å². The maximum atomic E-state index is 12.7. The van der Waals surface area contributed by atoms with Crippen LogP contribution in [-0.4, -0.2) is 113 Å². The number of rotatable bonds is 18. The van der Waals surface area contributed by atoms with Gasteiger partial charge in [-0.2, -0.15) is 0 Å². The van der Waals surface area contributed by atoms with Crippen LogP contribution in [0.5, 0.6) is 0 Å². The van der Waals surface area contributed by atoms with E-state index in [0.29, 0.717) is 52.5 Å². The topological polar surface area (TPSA) is 169 Å². The summed E-state index contributed by atoms with van der Waals surface area (Å²) in [5, 5.41) is 14.9. The summed E-state index contributed by atoms with van der Waals surface area (Å²) in [4.78, 5) is 37.3. The molecule has 2 aromatic carbocycles. The molecule has 2 heterocycles. The van der Waals surface area contributed by atoms with Crippen LogP contribution in [0.1, 0.15) is 64.0 Å². The third-order valence-electron chi connectivity index (χ3n) is 9.38. The summed E-state index contributed by atoms with van der Waals surface area (Å²) in [6.07, 6.45) is -1.10. The second-order valence-electron chi connectivity index (χ2n) is 14.7. The van der Waals surface area contributed by atoms with Crippen molar-refractivity contribution in [2.45, 2.75) is 76.6 Å². The van der Waals surface area contributed by atoms with E-state index in [4.69, 9.17) is 37.9 Å². The van der Waals surface area contributed by atoms with E-state index in [1.165, 1.54) is 0 Å². The molecule has 1 aliphatic carbocycles. The minimum Gasteiger partial charge on any atom is -0.480 e. The Balaban J connectivity index is 1.01. The highest BCUT2D eigenvalue weighted by Gasteiger charge is 2.32. The first-order chi connectivity index (χ1) is 25.4. The van der Waals surface area contributed by atoms with E-state index in [-0.39, 0.29) is 50.5 Å². The zero-order valence-electron chi connectivity index (χ0n) is 31.1. The molecule has 0 radical (unpaired) electrons. The molecule has 0 saturated carbocycles. The van der Waals surface area contributed by atoms with Crippen LogP contribution in [0.3, 0.4) is 0 Å². The number of carboxylic acid groups (broad SMARTS) is 1. The lowest BCUT2D eigenvalue weighted by Gasteiger charge is -2.35. The Morgan fingerprint density at radius 3 is 1.77 bits per heavy atom. The van der Waals surface area contributed by atoms with E-state index in [2.05, 4.69) is 10.6 Å². The van der Waals surface area contributed by atoms with Crippen molar-refractivity contribution >= 4 is 18.2 Å². The minimum atomic E-state index is -1.17. The average molecular weight is 743 g/mol. The quantitative estimate of drug-likeness (QED) is 0.174. The predicted octanol–water partition coefficient (Wildman–Crippen LogP) is 5.07. The fourth-order valence-electron chi connectivity index (χ4n) is 6.39. The van der Waals surface area contributed by atoms with E-state index in [0.717, 1.165) is 22.3 Å². The number of ether oxygens (including phenoxy) is 8. The fraction of sp³-hybridized carbons (Fsp3) is 0.615. The number of carbonyl (C=O) groups is 3. The van der Waals surface area contributed by atoms with Crippen molar-refractivity contribution in [2.75, 3.05) is 66.0 Å². The Morgan fingerprint density at radius 1 is 0.755 bits per heavy atom. The maximum Gasteiger partial charge on any atom is 0.407 e. The number of alkyl carbamates (subject to hydrolysis) is 2. The van der Waals surface area contributed by atoms with Crippen molar-refractivity contribution in [2.24, 2.45) is 11.8 Å². The summed E-state index contributed by atoms with van der Waals surface area (Å²) < 4.78 is 45.7. The van der Waals surface area contributed by atoms with Gasteiger partial charge in [0.2, 0.25) is 0 Å². The average Bonchev–Trinajstić information content (AvgIpc) is 3.44. The van der Waals surface area contributed by atoms with Crippen molar-refractivity contribution in [1.82, 2.24) is 10.6 Å². The van der Waals surface area contributed by atoms with Gasteiger partial charge in [-0.3, -0.25) is 0 Å². The predicted molar refractivity (Wildman–Crippen MR) is 192 cm³/mol. The second kappa shape index (κ2) is 19.0. The zero-order chi connectivity index (χ0) is 37.8. The number of carbonyl (C=O) groups excluding carboxylic acids is 2. The number of nitrogens with one attached hydrogen (secondary N) is 2. The monoisotopic (exact) mass is 742 g/mol. The molecule has 14 heteroatoms. The SMILES string of the molecule is CC1(C)OCC(COCC(COCC2COC(C)(C)OC2)OC(=O)NCCCC[C@@H](NC(=O)OCC2c3ccccc3-c3ccccc32)C(=O)O)CO1. The van der Waals surface area contributed by atoms with Crippen molar-refractivity contribution in [1.29, 1.82) is 0 Å². The van der Waals surface area contributed by atoms with Crippen LogP contribution in [0.25, 0.3) is 11.1 Å². The lowest BCUT2D eigenvalue weighted by molar-refractivity contribution is -0.267. The highest BCUT2D eigenvalue weighted by Crippen LogP contribution is 2.44. The molecule has 0 spiro atoms. The van der Waals surface area contributed by atoms with Gasteiger partial charge < -0.3 is 53.6 Å². The molecule has 2 saturated heterocycles. The van der Waals surface area contributed by atoms with Gasteiger partial charge in [-0.05, 0) is 69.2 Å². The van der Waals surface area contributed by atoms with Gasteiger partial charge in [-0.1, -0.05) is 48.5 Å². The molecule has 2 amide bonds. The largest absolute Gasteiger partial charge is 0.480 e. The van der Waals surface area contributed by atoms with Gasteiger partial charge in [0.15, 0.2) is 17.7 Å². The highest BCUT2D eigenvalue weighted by molar-refractivity contribution is 5.81. The third-order valence-corrected chi connectivity index (χ3v) is 9.38. The van der Waals surface area contributed by atoms with Crippen LogP contribution in [0.4, 0.5) is 9.59 Å². The van der Waals surface area contributed by atoms with E-state index < -0.39 is 41.9 Å². The minimum absolute atomic E-state index is 0.0478. The number of hydrogen-bond acceptors (Lipinski definition) is 11. The Hall–Kier alpha value is -3.79. The summed E-state index contributed by atoms with van der Waals surface area (Å²) in [5.41, 5.74) is 4.34. The van der Waals surface area contributed by atoms with Gasteiger partial charge in [-0.25, -0.2) is 14.4 Å². The zero-order valence-corrected chi connectivity index (χ0v) is 31.1. The standard InChI is InChI=1S/C39H54N2O12/c1-38(2)49-19-26(20-50-38)17-46-23-28(24-47-18-27-21-51-39(3,4)52-22-27)53-36(44)40-16-10-9-15-34(35(42)43)41-37(45)48-25-33-31-13-7-5-11-29(31)30-12-6-8-14-32(30)33/h5-8,11-14,26-28,33-34H,9-10,15-25H2,1-4H3,(H,40,44)(H,41,45)(H,42,43)/t34-/m1/s1. The molecule has 3 aliphatic rings. The van der Waals surface area contributed by atoms with Crippen LogP contribution in [0, 0.1) is 11.8 Å². The highest BCUT2D eigenvalue weighted by atomic mass is 16.7. The summed E-state index contributed by atoms with van der Waals surface area (Å²) in [7, 11) is 0. The van der Waals surface area contributed by atoms with Gasteiger partial charge in [0.1, 0.15) is 12.6 Å². The molecule has 292 valence electrons. The summed E-state index contributed by atoms with van der Waals surface area (Å²) >= 11 is 0. The van der Waals surface area contributed by atoms with Crippen molar-refractivity contribution < 1.29 is 57.4 Å².